The first-order valence-electron chi connectivity index (χ1n) is 10.1. The van der Waals surface area contributed by atoms with Crippen LogP contribution in [0.2, 0.25) is 0 Å². The highest BCUT2D eigenvalue weighted by Crippen LogP contribution is 2.29. The summed E-state index contributed by atoms with van der Waals surface area (Å²) in [7, 11) is 0. The van der Waals surface area contributed by atoms with Crippen molar-refractivity contribution in [2.45, 2.75) is 6.18 Å². The molecule has 174 valence electrons. The Balaban J connectivity index is 1.22. The summed E-state index contributed by atoms with van der Waals surface area (Å²) in [4.78, 5) is 24.4. The van der Waals surface area contributed by atoms with Gasteiger partial charge in [0.2, 0.25) is 5.82 Å². The molecule has 5 rings (SSSR count). The first-order chi connectivity index (χ1) is 16.4. The third-order valence-corrected chi connectivity index (χ3v) is 5.27. The van der Waals surface area contributed by atoms with E-state index in [9.17, 15) is 18.0 Å². The summed E-state index contributed by atoms with van der Waals surface area (Å²) in [5, 5.41) is 14.4. The summed E-state index contributed by atoms with van der Waals surface area (Å²) in [5.74, 6) is -1.06. The van der Waals surface area contributed by atoms with Crippen molar-refractivity contribution in [2.75, 3.05) is 31.1 Å². The second-order valence-corrected chi connectivity index (χ2v) is 7.41. The largest absolute Gasteiger partial charge is 0.471 e. The number of amides is 1. The smallest absolute Gasteiger partial charge is 0.353 e. The number of nitrogens with zero attached hydrogens (tertiary/aromatic N) is 9. The van der Waals surface area contributed by atoms with E-state index in [2.05, 4.69) is 35.2 Å². The van der Waals surface area contributed by atoms with Crippen LogP contribution in [0.1, 0.15) is 16.2 Å². The molecule has 0 N–H and O–H groups in total. The van der Waals surface area contributed by atoms with Gasteiger partial charge in [0.05, 0.1) is 5.69 Å². The number of benzene rings is 1. The number of hydrogen-bond donors (Lipinski definition) is 0. The van der Waals surface area contributed by atoms with Crippen LogP contribution in [0.5, 0.6) is 0 Å². The molecule has 0 unspecified atom stereocenters. The Labute approximate surface area is 189 Å². The van der Waals surface area contributed by atoms with Gasteiger partial charge in [-0.2, -0.15) is 18.2 Å². The first-order valence-corrected chi connectivity index (χ1v) is 10.1. The lowest BCUT2D eigenvalue weighted by atomic mass is 10.1. The van der Waals surface area contributed by atoms with Crippen LogP contribution in [-0.4, -0.2) is 72.3 Å². The van der Waals surface area contributed by atoms with Crippen LogP contribution in [0.4, 0.5) is 19.0 Å². The topological polar surface area (TPSA) is 119 Å². The number of hydrogen-bond acceptors (Lipinski definition) is 9. The van der Waals surface area contributed by atoms with Gasteiger partial charge < -0.3 is 14.3 Å². The number of pyridine rings is 1. The van der Waals surface area contributed by atoms with Gasteiger partial charge in [0.25, 0.3) is 5.91 Å². The number of anilines is 1. The molecule has 0 bridgehead atoms. The lowest BCUT2D eigenvalue weighted by Crippen LogP contribution is -2.49. The number of tetrazole rings is 1. The van der Waals surface area contributed by atoms with E-state index in [1.54, 1.807) is 41.3 Å². The van der Waals surface area contributed by atoms with Crippen molar-refractivity contribution < 1.29 is 22.5 Å². The van der Waals surface area contributed by atoms with E-state index in [1.807, 2.05) is 4.90 Å². The van der Waals surface area contributed by atoms with Crippen LogP contribution >= 0.6 is 0 Å². The minimum Gasteiger partial charge on any atom is -0.353 e. The number of halogens is 3. The van der Waals surface area contributed by atoms with Crippen molar-refractivity contribution in [3.63, 3.8) is 0 Å². The molecule has 1 aliphatic rings. The van der Waals surface area contributed by atoms with Gasteiger partial charge >= 0.3 is 12.1 Å². The summed E-state index contributed by atoms with van der Waals surface area (Å²) in [6.07, 6.45) is -1.86. The Kier molecular flexibility index (Phi) is 5.39. The highest BCUT2D eigenvalue weighted by Gasteiger charge is 2.38. The zero-order valence-electron chi connectivity index (χ0n) is 17.4. The fourth-order valence-corrected chi connectivity index (χ4v) is 3.54. The first kappa shape index (κ1) is 21.5. The van der Waals surface area contributed by atoms with E-state index >= 15 is 0 Å². The Morgan fingerprint density at radius 3 is 2.53 bits per heavy atom. The van der Waals surface area contributed by atoms with E-state index in [0.29, 0.717) is 48.8 Å². The molecule has 1 fully saturated rings. The molecule has 14 heteroatoms. The van der Waals surface area contributed by atoms with Gasteiger partial charge in [-0.3, -0.25) is 4.79 Å². The Hall–Kier alpha value is -4.36. The molecule has 34 heavy (non-hydrogen) atoms. The average Bonchev–Trinajstić information content (AvgIpc) is 3.57. The molecule has 1 aliphatic heterocycles. The maximum Gasteiger partial charge on any atom is 0.471 e. The van der Waals surface area contributed by atoms with Gasteiger partial charge in [-0.1, -0.05) is 11.2 Å². The van der Waals surface area contributed by atoms with Gasteiger partial charge in [-0.15, -0.1) is 5.10 Å². The van der Waals surface area contributed by atoms with Gasteiger partial charge in [0.1, 0.15) is 12.1 Å². The highest BCUT2D eigenvalue weighted by molar-refractivity contribution is 5.95. The molecule has 4 aromatic rings. The van der Waals surface area contributed by atoms with Crippen LogP contribution in [0.25, 0.3) is 17.1 Å². The monoisotopic (exact) mass is 471 g/mol. The standard InChI is InChI=1S/C20H16F3N9O2/c21-20(22,23)19-26-17(27-34-19)14-4-5-16(24-11-14)30-6-8-31(9-7-30)18(33)13-2-1-3-15(10-13)32-12-25-28-29-32/h1-5,10-12H,6-9H2. The molecule has 1 aromatic carbocycles. The number of piperazine rings is 1. The van der Waals surface area contributed by atoms with Gasteiger partial charge in [0, 0.05) is 43.5 Å². The maximum atomic E-state index is 13.0. The molecule has 0 radical (unpaired) electrons. The fraction of sp³-hybridized carbons (Fsp3) is 0.250. The van der Waals surface area contributed by atoms with E-state index in [-0.39, 0.29) is 11.7 Å². The predicted molar refractivity (Wildman–Crippen MR) is 110 cm³/mol. The second-order valence-electron chi connectivity index (χ2n) is 7.41. The Morgan fingerprint density at radius 1 is 1.06 bits per heavy atom. The van der Waals surface area contributed by atoms with E-state index in [0.717, 1.165) is 0 Å². The maximum absolute atomic E-state index is 13.0. The van der Waals surface area contributed by atoms with Crippen molar-refractivity contribution in [1.29, 1.82) is 0 Å². The minimum atomic E-state index is -4.70. The molecule has 3 aromatic heterocycles. The summed E-state index contributed by atoms with van der Waals surface area (Å²) >= 11 is 0. The summed E-state index contributed by atoms with van der Waals surface area (Å²) < 4.78 is 43.7. The van der Waals surface area contributed by atoms with Crippen LogP contribution in [0.3, 0.4) is 0 Å². The van der Waals surface area contributed by atoms with Gasteiger partial charge in [-0.25, -0.2) is 9.67 Å². The lowest BCUT2D eigenvalue weighted by Gasteiger charge is -2.35. The molecule has 0 atom stereocenters. The van der Waals surface area contributed by atoms with Crippen LogP contribution in [-0.2, 0) is 6.18 Å². The third-order valence-electron chi connectivity index (χ3n) is 5.27. The van der Waals surface area contributed by atoms with Crippen LogP contribution < -0.4 is 4.90 Å². The zero-order chi connectivity index (χ0) is 23.7. The van der Waals surface area contributed by atoms with Gasteiger partial charge in [0.15, 0.2) is 0 Å². The van der Waals surface area contributed by atoms with Crippen molar-refractivity contribution in [1.82, 2.24) is 40.2 Å². The number of carbonyl (C=O) groups excluding carboxylic acids is 1. The minimum absolute atomic E-state index is 0.101. The molecule has 1 amide bonds. The highest BCUT2D eigenvalue weighted by atomic mass is 19.4. The Bertz CT molecular complexity index is 1280. The van der Waals surface area contributed by atoms with Crippen molar-refractivity contribution in [2.24, 2.45) is 0 Å². The third kappa shape index (κ3) is 4.29. The molecule has 11 nitrogen and oxygen atoms in total. The second kappa shape index (κ2) is 8.53. The zero-order valence-corrected chi connectivity index (χ0v) is 17.4. The fourth-order valence-electron chi connectivity index (χ4n) is 3.54. The Morgan fingerprint density at radius 2 is 1.88 bits per heavy atom. The van der Waals surface area contributed by atoms with E-state index < -0.39 is 12.1 Å². The van der Waals surface area contributed by atoms with E-state index in [4.69, 9.17) is 0 Å². The quantitative estimate of drug-likeness (QED) is 0.441. The molecule has 4 heterocycles. The number of carbonyl (C=O) groups is 1. The molecule has 0 saturated carbocycles. The molecule has 1 saturated heterocycles. The molecule has 0 spiro atoms. The molecular weight excluding hydrogens is 455 g/mol. The molecular formula is C20H16F3N9O2. The SMILES string of the molecule is O=C(c1cccc(-n2cnnn2)c1)N1CCN(c2ccc(-c3noc(C(F)(F)F)n3)cn2)CC1. The van der Waals surface area contributed by atoms with Crippen molar-refractivity contribution in [3.05, 3.63) is 60.4 Å². The normalized spacial score (nSPS) is 14.4. The number of rotatable bonds is 4. The molecule has 0 aliphatic carbocycles. The summed E-state index contributed by atoms with van der Waals surface area (Å²) in [6, 6.07) is 10.3. The van der Waals surface area contributed by atoms with Crippen molar-refractivity contribution in [3.8, 4) is 17.1 Å². The summed E-state index contributed by atoms with van der Waals surface area (Å²) in [5.41, 5.74) is 1.52. The summed E-state index contributed by atoms with van der Waals surface area (Å²) in [6.45, 7) is 2.06. The average molecular weight is 471 g/mol. The van der Waals surface area contributed by atoms with E-state index in [1.165, 1.54) is 17.2 Å². The van der Waals surface area contributed by atoms with Gasteiger partial charge in [-0.05, 0) is 40.8 Å². The number of aromatic nitrogens is 7. The lowest BCUT2D eigenvalue weighted by molar-refractivity contribution is -0.159. The predicted octanol–water partition coefficient (Wildman–Crippen LogP) is 2.09. The van der Waals surface area contributed by atoms with Crippen LogP contribution in [0, 0.1) is 0 Å². The number of alkyl halides is 3. The van der Waals surface area contributed by atoms with Crippen molar-refractivity contribution >= 4 is 11.7 Å². The van der Waals surface area contributed by atoms with Crippen LogP contribution in [0.15, 0.2) is 53.4 Å².